The lowest BCUT2D eigenvalue weighted by Gasteiger charge is -2.15. The molecular weight excluding hydrogens is 262 g/mol. The standard InChI is InChI=1S/C18H21NO2/c1-4-21-17-11-10-16(12-13(17)2)18(20)19-14(3)15-8-6-5-7-9-15/h5-12,14H,4H2,1-3H3,(H,19,20)/t14-/m0/s1. The fourth-order valence-corrected chi connectivity index (χ4v) is 2.21. The topological polar surface area (TPSA) is 38.3 Å². The van der Waals surface area contributed by atoms with Crippen LogP contribution in [0.25, 0.3) is 0 Å². The fraction of sp³-hybridized carbons (Fsp3) is 0.278. The number of ether oxygens (including phenoxy) is 1. The van der Waals surface area contributed by atoms with Gasteiger partial charge in [0.2, 0.25) is 0 Å². The monoisotopic (exact) mass is 283 g/mol. The Labute approximate surface area is 126 Å². The summed E-state index contributed by atoms with van der Waals surface area (Å²) >= 11 is 0. The summed E-state index contributed by atoms with van der Waals surface area (Å²) in [4.78, 5) is 12.3. The van der Waals surface area contributed by atoms with E-state index in [9.17, 15) is 4.79 Å². The second-order valence-electron chi connectivity index (χ2n) is 5.02. The van der Waals surface area contributed by atoms with E-state index >= 15 is 0 Å². The molecule has 0 unspecified atom stereocenters. The molecular formula is C18H21NO2. The number of hydrogen-bond acceptors (Lipinski definition) is 2. The van der Waals surface area contributed by atoms with E-state index in [1.54, 1.807) is 6.07 Å². The summed E-state index contributed by atoms with van der Waals surface area (Å²) in [6.07, 6.45) is 0. The highest BCUT2D eigenvalue weighted by molar-refractivity contribution is 5.94. The summed E-state index contributed by atoms with van der Waals surface area (Å²) < 4.78 is 5.49. The van der Waals surface area contributed by atoms with Gasteiger partial charge in [0.25, 0.3) is 5.91 Å². The highest BCUT2D eigenvalue weighted by Gasteiger charge is 2.12. The van der Waals surface area contributed by atoms with Crippen LogP contribution in [0.15, 0.2) is 48.5 Å². The second kappa shape index (κ2) is 6.93. The minimum Gasteiger partial charge on any atom is -0.494 e. The molecule has 0 aromatic heterocycles. The Balaban J connectivity index is 2.08. The van der Waals surface area contributed by atoms with Crippen molar-refractivity contribution in [3.8, 4) is 5.75 Å². The quantitative estimate of drug-likeness (QED) is 0.904. The number of nitrogens with one attached hydrogen (secondary N) is 1. The average molecular weight is 283 g/mol. The Bertz CT molecular complexity index is 608. The predicted molar refractivity (Wildman–Crippen MR) is 84.7 cm³/mol. The maximum Gasteiger partial charge on any atom is 0.251 e. The van der Waals surface area contributed by atoms with Gasteiger partial charge in [-0.05, 0) is 50.1 Å². The first-order chi connectivity index (χ1) is 10.1. The molecule has 1 N–H and O–H groups in total. The van der Waals surface area contributed by atoms with E-state index in [1.165, 1.54) is 0 Å². The Morgan fingerprint density at radius 3 is 2.52 bits per heavy atom. The van der Waals surface area contributed by atoms with Crippen molar-refractivity contribution in [2.75, 3.05) is 6.61 Å². The third-order valence-electron chi connectivity index (χ3n) is 3.38. The molecule has 2 aromatic carbocycles. The Morgan fingerprint density at radius 1 is 1.19 bits per heavy atom. The predicted octanol–water partition coefficient (Wildman–Crippen LogP) is 3.88. The number of carbonyl (C=O) groups excluding carboxylic acids is 1. The van der Waals surface area contributed by atoms with E-state index in [1.807, 2.05) is 63.2 Å². The smallest absolute Gasteiger partial charge is 0.251 e. The Hall–Kier alpha value is -2.29. The van der Waals surface area contributed by atoms with Crippen molar-refractivity contribution in [3.05, 3.63) is 65.2 Å². The molecule has 110 valence electrons. The molecule has 0 aliphatic heterocycles. The molecule has 3 heteroatoms. The maximum absolute atomic E-state index is 12.3. The Morgan fingerprint density at radius 2 is 1.90 bits per heavy atom. The number of carbonyl (C=O) groups is 1. The summed E-state index contributed by atoms with van der Waals surface area (Å²) in [6, 6.07) is 15.4. The van der Waals surface area contributed by atoms with E-state index in [-0.39, 0.29) is 11.9 Å². The summed E-state index contributed by atoms with van der Waals surface area (Å²) in [5, 5.41) is 3.01. The number of rotatable bonds is 5. The van der Waals surface area contributed by atoms with Crippen LogP contribution in [0.1, 0.15) is 41.4 Å². The molecule has 2 rings (SSSR count). The van der Waals surface area contributed by atoms with Crippen LogP contribution in [0.5, 0.6) is 5.75 Å². The van der Waals surface area contributed by atoms with Gasteiger partial charge in [0.15, 0.2) is 0 Å². The van der Waals surface area contributed by atoms with Gasteiger partial charge >= 0.3 is 0 Å². The molecule has 0 spiro atoms. The molecule has 1 atom stereocenters. The van der Waals surface area contributed by atoms with Gasteiger partial charge in [0.05, 0.1) is 12.6 Å². The zero-order valence-electron chi connectivity index (χ0n) is 12.7. The molecule has 0 saturated carbocycles. The van der Waals surface area contributed by atoms with Crippen LogP contribution in [-0.4, -0.2) is 12.5 Å². The van der Waals surface area contributed by atoms with Gasteiger partial charge in [0, 0.05) is 5.56 Å². The minimum atomic E-state index is -0.0718. The van der Waals surface area contributed by atoms with Crippen molar-refractivity contribution in [1.29, 1.82) is 0 Å². The molecule has 21 heavy (non-hydrogen) atoms. The summed E-state index contributed by atoms with van der Waals surface area (Å²) in [5.74, 6) is 0.752. The van der Waals surface area contributed by atoms with Gasteiger partial charge in [-0.2, -0.15) is 0 Å². The zero-order chi connectivity index (χ0) is 15.2. The largest absolute Gasteiger partial charge is 0.494 e. The molecule has 3 nitrogen and oxygen atoms in total. The van der Waals surface area contributed by atoms with Gasteiger partial charge in [-0.3, -0.25) is 4.79 Å². The summed E-state index contributed by atoms with van der Waals surface area (Å²) in [5.41, 5.74) is 2.71. The van der Waals surface area contributed by atoms with Crippen molar-refractivity contribution in [2.45, 2.75) is 26.8 Å². The highest BCUT2D eigenvalue weighted by Crippen LogP contribution is 2.20. The van der Waals surface area contributed by atoms with Gasteiger partial charge in [0.1, 0.15) is 5.75 Å². The van der Waals surface area contributed by atoms with Crippen LogP contribution in [0.3, 0.4) is 0 Å². The van der Waals surface area contributed by atoms with Gasteiger partial charge in [-0.1, -0.05) is 30.3 Å². The van der Waals surface area contributed by atoms with E-state index in [2.05, 4.69) is 5.32 Å². The third kappa shape index (κ3) is 3.85. The SMILES string of the molecule is CCOc1ccc(C(=O)N[C@@H](C)c2ccccc2)cc1C. The van der Waals surface area contributed by atoms with Gasteiger partial charge in [-0.15, -0.1) is 0 Å². The zero-order valence-corrected chi connectivity index (χ0v) is 12.7. The molecule has 0 heterocycles. The number of amides is 1. The van der Waals surface area contributed by atoms with Crippen LogP contribution >= 0.6 is 0 Å². The molecule has 2 aromatic rings. The summed E-state index contributed by atoms with van der Waals surface area (Å²) in [7, 11) is 0. The van der Waals surface area contributed by atoms with Crippen LogP contribution in [0.4, 0.5) is 0 Å². The number of benzene rings is 2. The Kier molecular flexibility index (Phi) is 4.99. The lowest BCUT2D eigenvalue weighted by molar-refractivity contribution is 0.0940. The molecule has 0 aliphatic carbocycles. The van der Waals surface area contributed by atoms with E-state index in [0.717, 1.165) is 16.9 Å². The van der Waals surface area contributed by atoms with E-state index in [0.29, 0.717) is 12.2 Å². The van der Waals surface area contributed by atoms with Crippen molar-refractivity contribution < 1.29 is 9.53 Å². The molecule has 1 amide bonds. The second-order valence-corrected chi connectivity index (χ2v) is 5.02. The molecule has 0 saturated heterocycles. The molecule has 0 radical (unpaired) electrons. The first-order valence-electron chi connectivity index (χ1n) is 7.21. The number of hydrogen-bond donors (Lipinski definition) is 1. The lowest BCUT2D eigenvalue weighted by atomic mass is 10.1. The van der Waals surface area contributed by atoms with E-state index < -0.39 is 0 Å². The van der Waals surface area contributed by atoms with E-state index in [4.69, 9.17) is 4.74 Å². The van der Waals surface area contributed by atoms with Crippen molar-refractivity contribution in [3.63, 3.8) is 0 Å². The van der Waals surface area contributed by atoms with Gasteiger partial charge < -0.3 is 10.1 Å². The van der Waals surface area contributed by atoms with Crippen LogP contribution < -0.4 is 10.1 Å². The fourth-order valence-electron chi connectivity index (χ4n) is 2.21. The van der Waals surface area contributed by atoms with Crippen molar-refractivity contribution in [2.24, 2.45) is 0 Å². The molecule has 0 aliphatic rings. The highest BCUT2D eigenvalue weighted by atomic mass is 16.5. The molecule has 0 bridgehead atoms. The average Bonchev–Trinajstić information content (AvgIpc) is 2.50. The molecule has 0 fully saturated rings. The lowest BCUT2D eigenvalue weighted by Crippen LogP contribution is -2.26. The van der Waals surface area contributed by atoms with Crippen LogP contribution in [-0.2, 0) is 0 Å². The first kappa shape index (κ1) is 15.1. The first-order valence-corrected chi connectivity index (χ1v) is 7.21. The number of aryl methyl sites for hydroxylation is 1. The van der Waals surface area contributed by atoms with Crippen molar-refractivity contribution in [1.82, 2.24) is 5.32 Å². The van der Waals surface area contributed by atoms with Crippen molar-refractivity contribution >= 4 is 5.91 Å². The normalized spacial score (nSPS) is 11.8. The maximum atomic E-state index is 12.3. The minimum absolute atomic E-state index is 0.0226. The van der Waals surface area contributed by atoms with Gasteiger partial charge in [-0.25, -0.2) is 0 Å². The van der Waals surface area contributed by atoms with Crippen LogP contribution in [0, 0.1) is 6.92 Å². The van der Waals surface area contributed by atoms with Crippen LogP contribution in [0.2, 0.25) is 0 Å². The third-order valence-corrected chi connectivity index (χ3v) is 3.38. The summed E-state index contributed by atoms with van der Waals surface area (Å²) in [6.45, 7) is 6.50.